The average molecular weight is 522 g/mol. The molecule has 2 aromatic heterocycles. The number of alkyl halides is 1. The molecule has 0 bridgehead atoms. The highest BCUT2D eigenvalue weighted by Gasteiger charge is 2.07. The van der Waals surface area contributed by atoms with Crippen LogP contribution < -0.4 is 5.56 Å². The Labute approximate surface area is 205 Å². The molecule has 0 aliphatic carbocycles. The second-order valence-electron chi connectivity index (χ2n) is 6.93. The molecule has 0 radical (unpaired) electrons. The van der Waals surface area contributed by atoms with Gasteiger partial charge in [-0.2, -0.15) is 11.8 Å². The van der Waals surface area contributed by atoms with Crippen molar-refractivity contribution in [2.45, 2.75) is 47.3 Å². The van der Waals surface area contributed by atoms with Crippen molar-refractivity contribution in [1.29, 1.82) is 0 Å². The molecule has 0 spiro atoms. The van der Waals surface area contributed by atoms with Crippen LogP contribution in [0.1, 0.15) is 47.1 Å². The Morgan fingerprint density at radius 1 is 1.19 bits per heavy atom. The molecular weight excluding hydrogens is 484 g/mol. The highest BCUT2D eigenvalue weighted by atomic mass is 79.9. The number of fused-ring (bicyclic) bond motifs is 1. The van der Waals surface area contributed by atoms with Crippen LogP contribution in [0.4, 0.5) is 0 Å². The Kier molecular flexibility index (Phi) is 16.3. The maximum atomic E-state index is 12.0. The van der Waals surface area contributed by atoms with Crippen molar-refractivity contribution < 1.29 is 0 Å². The molecule has 176 valence electrons. The largest absolute Gasteiger partial charge is 0.300 e. The predicted molar refractivity (Wildman–Crippen MR) is 146 cm³/mol. The van der Waals surface area contributed by atoms with Gasteiger partial charge < -0.3 is 0 Å². The molecule has 0 fully saturated rings. The van der Waals surface area contributed by atoms with Gasteiger partial charge >= 0.3 is 0 Å². The van der Waals surface area contributed by atoms with E-state index in [1.54, 1.807) is 21.4 Å². The topological polar surface area (TPSA) is 52.2 Å². The fraction of sp³-hybridized carbons (Fsp3) is 0.400. The number of aromatic nitrogens is 4. The maximum absolute atomic E-state index is 12.0. The van der Waals surface area contributed by atoms with E-state index >= 15 is 0 Å². The molecule has 3 rings (SSSR count). The summed E-state index contributed by atoms with van der Waals surface area (Å²) in [6, 6.07) is 10.5. The molecule has 0 atom stereocenters. The second kappa shape index (κ2) is 17.4. The van der Waals surface area contributed by atoms with Crippen LogP contribution in [0.5, 0.6) is 0 Å². The van der Waals surface area contributed by atoms with Crippen LogP contribution in [0.3, 0.4) is 0 Å². The van der Waals surface area contributed by atoms with Crippen molar-refractivity contribution in [2.75, 3.05) is 11.6 Å². The summed E-state index contributed by atoms with van der Waals surface area (Å²) in [5.74, 6) is 1.77. The third-order valence-electron chi connectivity index (χ3n) is 4.16. The number of hydrogen-bond donors (Lipinski definition) is 0. The van der Waals surface area contributed by atoms with E-state index < -0.39 is 0 Å². The fourth-order valence-corrected chi connectivity index (χ4v) is 3.06. The molecule has 0 unspecified atom stereocenters. The fourth-order valence-electron chi connectivity index (χ4n) is 2.13. The first-order chi connectivity index (χ1) is 15.3. The molecule has 32 heavy (non-hydrogen) atoms. The smallest absolute Gasteiger partial charge is 0.284 e. The van der Waals surface area contributed by atoms with E-state index in [9.17, 15) is 4.79 Å². The quantitative estimate of drug-likeness (QED) is 0.270. The van der Waals surface area contributed by atoms with Gasteiger partial charge in [-0.25, -0.2) is 0 Å². The van der Waals surface area contributed by atoms with Crippen molar-refractivity contribution in [3.05, 3.63) is 83.2 Å². The molecule has 0 saturated carbocycles. The number of benzene rings is 1. The monoisotopic (exact) mass is 520 g/mol. The summed E-state index contributed by atoms with van der Waals surface area (Å²) in [6.07, 6.45) is 9.03. The highest BCUT2D eigenvalue weighted by molar-refractivity contribution is 9.09. The number of nitrogens with zero attached hydrogens (tertiary/aromatic N) is 4. The van der Waals surface area contributed by atoms with Crippen molar-refractivity contribution >= 4 is 39.0 Å². The first-order valence-corrected chi connectivity index (χ1v) is 13.2. The minimum absolute atomic E-state index is 0.155. The first-order valence-electron chi connectivity index (χ1n) is 10.6. The summed E-state index contributed by atoms with van der Waals surface area (Å²) in [5.41, 5.74) is 3.60. The Bertz CT molecular complexity index is 994. The van der Waals surface area contributed by atoms with Crippen LogP contribution in [0.25, 0.3) is 11.3 Å². The molecule has 2 heterocycles. The Morgan fingerprint density at radius 2 is 1.78 bits per heavy atom. The molecule has 3 aromatic rings. The summed E-state index contributed by atoms with van der Waals surface area (Å²) in [6.45, 7) is 15.7. The van der Waals surface area contributed by atoms with Gasteiger partial charge in [-0.15, -0.1) is 16.8 Å². The van der Waals surface area contributed by atoms with Crippen LogP contribution in [0.15, 0.2) is 72.1 Å². The lowest BCUT2D eigenvalue weighted by Gasteiger charge is -2.08. The molecule has 0 aliphatic rings. The zero-order valence-electron chi connectivity index (χ0n) is 20.4. The third-order valence-corrected chi connectivity index (χ3v) is 5.63. The van der Waals surface area contributed by atoms with Gasteiger partial charge in [0.1, 0.15) is 6.33 Å². The molecule has 0 N–H and O–H groups in total. The standard InChI is InChI=1S/C10H11BrN4O.C8H10S.C5H10.C2H6/c1-7(5-11)8(2)15-4-3-14-6-12-13-9(14)10(15)16;1-9-7-8-5-3-2-4-6-8;1-4-5(2)3;1-2/h3-4,6H,5H2,1-2H3;2-6H,7H2,1H3;4-5H,1H2,2-3H3;1-2H3/b8-7+;;;. The van der Waals surface area contributed by atoms with E-state index in [4.69, 9.17) is 0 Å². The van der Waals surface area contributed by atoms with Crippen molar-refractivity contribution in [2.24, 2.45) is 5.92 Å². The molecular formula is C25H37BrN4OS. The normalized spacial score (nSPS) is 10.7. The number of rotatable bonds is 5. The number of hydrogen-bond acceptors (Lipinski definition) is 4. The molecule has 5 nitrogen and oxygen atoms in total. The van der Waals surface area contributed by atoms with Crippen LogP contribution in [-0.4, -0.2) is 30.8 Å². The summed E-state index contributed by atoms with van der Waals surface area (Å²) >= 11 is 5.23. The molecule has 0 saturated heterocycles. The number of halogens is 1. The van der Waals surface area contributed by atoms with E-state index in [0.717, 1.165) is 22.4 Å². The van der Waals surface area contributed by atoms with Gasteiger partial charge in [-0.3, -0.25) is 13.8 Å². The maximum Gasteiger partial charge on any atom is 0.300 e. The van der Waals surface area contributed by atoms with E-state index in [0.29, 0.717) is 11.6 Å². The van der Waals surface area contributed by atoms with Crippen LogP contribution >= 0.6 is 27.7 Å². The lowest BCUT2D eigenvalue weighted by atomic mass is 10.2. The van der Waals surface area contributed by atoms with Crippen LogP contribution in [-0.2, 0) is 5.75 Å². The van der Waals surface area contributed by atoms with E-state index in [2.05, 4.69) is 77.1 Å². The van der Waals surface area contributed by atoms with Gasteiger partial charge in [-0.05, 0) is 37.2 Å². The minimum atomic E-state index is -0.155. The predicted octanol–water partition coefficient (Wildman–Crippen LogP) is 6.94. The van der Waals surface area contributed by atoms with Crippen molar-refractivity contribution in [3.8, 4) is 0 Å². The molecule has 1 aromatic carbocycles. The highest BCUT2D eigenvalue weighted by Crippen LogP contribution is 2.10. The Hall–Kier alpha value is -2.12. The lowest BCUT2D eigenvalue weighted by Crippen LogP contribution is -2.20. The number of allylic oxidation sites excluding steroid dienone is 3. The van der Waals surface area contributed by atoms with Gasteiger partial charge in [0.2, 0.25) is 5.65 Å². The zero-order chi connectivity index (χ0) is 24.5. The lowest BCUT2D eigenvalue weighted by molar-refractivity contribution is 0.835. The SMILES string of the molecule is C/C(CBr)=C(/C)n1ccn2cnnc2c1=O.C=CC(C)C.CC.CSCc1ccccc1. The first kappa shape index (κ1) is 29.9. The minimum Gasteiger partial charge on any atom is -0.284 e. The van der Waals surface area contributed by atoms with Gasteiger partial charge in [0, 0.05) is 29.2 Å². The van der Waals surface area contributed by atoms with Gasteiger partial charge in [0.05, 0.1) is 0 Å². The zero-order valence-corrected chi connectivity index (χ0v) is 22.8. The van der Waals surface area contributed by atoms with E-state index in [1.807, 2.05) is 51.6 Å². The molecule has 0 amide bonds. The van der Waals surface area contributed by atoms with Gasteiger partial charge in [-0.1, -0.05) is 80.0 Å². The van der Waals surface area contributed by atoms with Crippen LogP contribution in [0.2, 0.25) is 0 Å². The van der Waals surface area contributed by atoms with Crippen molar-refractivity contribution in [3.63, 3.8) is 0 Å². The summed E-state index contributed by atoms with van der Waals surface area (Å²) in [5, 5.41) is 8.23. The van der Waals surface area contributed by atoms with E-state index in [1.165, 1.54) is 11.9 Å². The van der Waals surface area contributed by atoms with E-state index in [-0.39, 0.29) is 5.56 Å². The van der Waals surface area contributed by atoms with Gasteiger partial charge in [0.15, 0.2) is 0 Å². The van der Waals surface area contributed by atoms with Gasteiger partial charge in [0.25, 0.3) is 5.56 Å². The summed E-state index contributed by atoms with van der Waals surface area (Å²) < 4.78 is 3.19. The second-order valence-corrected chi connectivity index (χ2v) is 8.36. The molecule has 0 aliphatic heterocycles. The summed E-state index contributed by atoms with van der Waals surface area (Å²) in [4.78, 5) is 12.0. The Balaban J connectivity index is 0.000000507. The summed E-state index contributed by atoms with van der Waals surface area (Å²) in [7, 11) is 0. The Morgan fingerprint density at radius 3 is 2.28 bits per heavy atom. The average Bonchev–Trinajstić information content (AvgIpc) is 3.31. The number of thioether (sulfide) groups is 1. The van der Waals surface area contributed by atoms with Crippen LogP contribution in [0, 0.1) is 5.92 Å². The third kappa shape index (κ3) is 10.5. The van der Waals surface area contributed by atoms with Crippen molar-refractivity contribution in [1.82, 2.24) is 19.2 Å². The molecule has 7 heteroatoms.